The molecule has 0 aliphatic carbocycles. The van der Waals surface area contributed by atoms with Gasteiger partial charge in [0.15, 0.2) is 0 Å². The maximum Gasteiger partial charge on any atom is 0.0873 e. The van der Waals surface area contributed by atoms with E-state index in [4.69, 9.17) is 4.74 Å². The van der Waals surface area contributed by atoms with E-state index in [0.29, 0.717) is 0 Å². The molecule has 2 unspecified atom stereocenters. The molecule has 4 aromatic carbocycles. The summed E-state index contributed by atoms with van der Waals surface area (Å²) in [6.45, 7) is 4.29. The summed E-state index contributed by atoms with van der Waals surface area (Å²) >= 11 is 0. The first kappa shape index (κ1) is 21.1. The molecule has 0 fully saturated rings. The molecule has 31 heavy (non-hydrogen) atoms. The third kappa shape index (κ3) is 5.93. The highest BCUT2D eigenvalue weighted by molar-refractivity contribution is 5.28. The van der Waals surface area contributed by atoms with E-state index in [1.165, 1.54) is 33.4 Å². The van der Waals surface area contributed by atoms with Crippen LogP contribution in [0.4, 0.5) is 0 Å². The molecule has 0 aromatic heterocycles. The molecule has 0 bridgehead atoms. The molecule has 0 saturated heterocycles. The molecule has 2 atom stereocenters. The second kappa shape index (κ2) is 10.2. The van der Waals surface area contributed by atoms with E-state index in [1.54, 1.807) is 0 Å². The van der Waals surface area contributed by atoms with Gasteiger partial charge in [0.1, 0.15) is 0 Å². The van der Waals surface area contributed by atoms with Gasteiger partial charge in [0.05, 0.1) is 12.2 Å². The van der Waals surface area contributed by atoms with E-state index in [-0.39, 0.29) is 12.2 Å². The predicted octanol–water partition coefficient (Wildman–Crippen LogP) is 7.59. The Hall–Kier alpha value is -3.16. The molecule has 0 heterocycles. The summed E-state index contributed by atoms with van der Waals surface area (Å²) in [6.07, 6.45) is 1.67. The molecule has 0 amide bonds. The molecule has 4 aromatic rings. The lowest BCUT2D eigenvalue weighted by Gasteiger charge is -2.26. The number of aryl methyl sites for hydroxylation is 2. The fraction of sp³-hybridized carbons (Fsp3) is 0.200. The summed E-state index contributed by atoms with van der Waals surface area (Å²) in [6, 6.07) is 38.7. The van der Waals surface area contributed by atoms with E-state index in [2.05, 4.69) is 123 Å². The lowest BCUT2D eigenvalue weighted by molar-refractivity contribution is -0.0149. The molecule has 4 rings (SSSR count). The highest BCUT2D eigenvalue weighted by Crippen LogP contribution is 2.32. The minimum absolute atomic E-state index is 0.0157. The zero-order valence-electron chi connectivity index (χ0n) is 18.4. The number of hydrogen-bond acceptors (Lipinski definition) is 1. The van der Waals surface area contributed by atoms with Gasteiger partial charge in [-0.1, -0.05) is 120 Å². The van der Waals surface area contributed by atoms with Crippen molar-refractivity contribution in [1.29, 1.82) is 0 Å². The van der Waals surface area contributed by atoms with Crippen LogP contribution in [-0.4, -0.2) is 0 Å². The average Bonchev–Trinajstić information content (AvgIpc) is 2.79. The van der Waals surface area contributed by atoms with E-state index in [0.717, 1.165) is 12.8 Å². The van der Waals surface area contributed by atoms with E-state index < -0.39 is 0 Å². The molecule has 1 nitrogen and oxygen atoms in total. The lowest BCUT2D eigenvalue weighted by atomic mass is 9.97. The Kier molecular flexibility index (Phi) is 6.96. The van der Waals surface area contributed by atoms with Crippen molar-refractivity contribution in [1.82, 2.24) is 0 Å². The van der Waals surface area contributed by atoms with Crippen LogP contribution in [0.25, 0.3) is 0 Å². The Balaban J connectivity index is 1.66. The van der Waals surface area contributed by atoms with Gasteiger partial charge >= 0.3 is 0 Å². The SMILES string of the molecule is Cc1cccc(CC(OC(Cc2cccc(C)c2)c2ccccc2)c2ccccc2)c1. The fourth-order valence-corrected chi connectivity index (χ4v) is 4.13. The minimum atomic E-state index is -0.0157. The van der Waals surface area contributed by atoms with Gasteiger partial charge in [-0.25, -0.2) is 0 Å². The van der Waals surface area contributed by atoms with Crippen LogP contribution in [0.1, 0.15) is 45.6 Å². The summed E-state index contributed by atoms with van der Waals surface area (Å²) in [5.74, 6) is 0. The van der Waals surface area contributed by atoms with Crippen LogP contribution in [0.3, 0.4) is 0 Å². The minimum Gasteiger partial charge on any atom is -0.365 e. The summed E-state index contributed by atoms with van der Waals surface area (Å²) in [4.78, 5) is 0. The van der Waals surface area contributed by atoms with Crippen molar-refractivity contribution in [2.45, 2.75) is 38.9 Å². The van der Waals surface area contributed by atoms with Gasteiger partial charge in [-0.05, 0) is 36.1 Å². The van der Waals surface area contributed by atoms with Gasteiger partial charge in [-0.15, -0.1) is 0 Å². The van der Waals surface area contributed by atoms with Crippen molar-refractivity contribution in [3.05, 3.63) is 143 Å². The van der Waals surface area contributed by atoms with Gasteiger partial charge in [0, 0.05) is 12.8 Å². The summed E-state index contributed by atoms with van der Waals surface area (Å²) in [5, 5.41) is 0. The third-order valence-electron chi connectivity index (χ3n) is 5.68. The topological polar surface area (TPSA) is 9.23 Å². The molecule has 156 valence electrons. The molecule has 1 heteroatoms. The molecule has 0 saturated carbocycles. The highest BCUT2D eigenvalue weighted by atomic mass is 16.5. The maximum atomic E-state index is 6.91. The van der Waals surface area contributed by atoms with Crippen molar-refractivity contribution >= 4 is 0 Å². The van der Waals surface area contributed by atoms with Crippen molar-refractivity contribution in [2.24, 2.45) is 0 Å². The van der Waals surface area contributed by atoms with Crippen LogP contribution in [0, 0.1) is 13.8 Å². The van der Waals surface area contributed by atoms with Crippen LogP contribution >= 0.6 is 0 Å². The fourth-order valence-electron chi connectivity index (χ4n) is 4.13. The Labute approximate surface area is 186 Å². The number of ether oxygens (including phenoxy) is 1. The van der Waals surface area contributed by atoms with Gasteiger partial charge < -0.3 is 4.74 Å². The first-order valence-electron chi connectivity index (χ1n) is 11.0. The second-order valence-electron chi connectivity index (χ2n) is 8.32. The van der Waals surface area contributed by atoms with E-state index >= 15 is 0 Å². The number of benzene rings is 4. The van der Waals surface area contributed by atoms with Crippen LogP contribution in [-0.2, 0) is 17.6 Å². The van der Waals surface area contributed by atoms with Crippen LogP contribution in [0.2, 0.25) is 0 Å². The van der Waals surface area contributed by atoms with Gasteiger partial charge in [0.2, 0.25) is 0 Å². The number of hydrogen-bond donors (Lipinski definition) is 0. The molecule has 0 aliphatic rings. The standard InChI is InChI=1S/C30H30O/c1-23-11-9-13-25(19-23)21-29(27-15-5-3-6-16-27)31-30(28-17-7-4-8-18-28)22-26-14-10-12-24(2)20-26/h3-20,29-30H,21-22H2,1-2H3. The van der Waals surface area contributed by atoms with Crippen molar-refractivity contribution in [3.63, 3.8) is 0 Å². The lowest BCUT2D eigenvalue weighted by Crippen LogP contribution is -2.15. The molecular formula is C30H30O. The highest BCUT2D eigenvalue weighted by Gasteiger charge is 2.21. The zero-order valence-corrected chi connectivity index (χ0v) is 18.4. The summed E-state index contributed by atoms with van der Waals surface area (Å²) in [7, 11) is 0. The van der Waals surface area contributed by atoms with Crippen molar-refractivity contribution < 1.29 is 4.74 Å². The third-order valence-corrected chi connectivity index (χ3v) is 5.68. The van der Waals surface area contributed by atoms with Crippen LogP contribution < -0.4 is 0 Å². The predicted molar refractivity (Wildman–Crippen MR) is 129 cm³/mol. The Morgan fingerprint density at radius 3 is 1.32 bits per heavy atom. The van der Waals surface area contributed by atoms with Gasteiger partial charge in [-0.2, -0.15) is 0 Å². The Morgan fingerprint density at radius 2 is 0.935 bits per heavy atom. The average molecular weight is 407 g/mol. The molecule has 0 spiro atoms. The Bertz CT molecular complexity index is 996. The van der Waals surface area contributed by atoms with Gasteiger partial charge in [-0.3, -0.25) is 0 Å². The van der Waals surface area contributed by atoms with Crippen LogP contribution in [0.5, 0.6) is 0 Å². The van der Waals surface area contributed by atoms with Crippen molar-refractivity contribution in [2.75, 3.05) is 0 Å². The van der Waals surface area contributed by atoms with Crippen LogP contribution in [0.15, 0.2) is 109 Å². The number of rotatable bonds is 8. The first-order valence-corrected chi connectivity index (χ1v) is 11.0. The van der Waals surface area contributed by atoms with E-state index in [9.17, 15) is 0 Å². The molecular weight excluding hydrogens is 376 g/mol. The maximum absolute atomic E-state index is 6.91. The smallest absolute Gasteiger partial charge is 0.0873 e. The van der Waals surface area contributed by atoms with E-state index in [1.807, 2.05) is 0 Å². The largest absolute Gasteiger partial charge is 0.365 e. The molecule has 0 N–H and O–H groups in total. The zero-order chi connectivity index (χ0) is 21.5. The second-order valence-corrected chi connectivity index (χ2v) is 8.32. The summed E-state index contributed by atoms with van der Waals surface area (Å²) in [5.41, 5.74) is 7.60. The first-order chi connectivity index (χ1) is 15.2. The normalized spacial score (nSPS) is 13.0. The summed E-state index contributed by atoms with van der Waals surface area (Å²) < 4.78 is 6.91. The Morgan fingerprint density at radius 1 is 0.516 bits per heavy atom. The monoisotopic (exact) mass is 406 g/mol. The molecule has 0 radical (unpaired) electrons. The van der Waals surface area contributed by atoms with Crippen molar-refractivity contribution in [3.8, 4) is 0 Å². The quantitative estimate of drug-likeness (QED) is 0.293. The van der Waals surface area contributed by atoms with Gasteiger partial charge in [0.25, 0.3) is 0 Å². The molecule has 0 aliphatic heterocycles.